The summed E-state index contributed by atoms with van der Waals surface area (Å²) in [5, 5.41) is 33.0. The third-order valence-corrected chi connectivity index (χ3v) is 2.03. The highest BCUT2D eigenvalue weighted by molar-refractivity contribution is 4.91. The SMILES string of the molecule is C[C@@H](O)NC[C@H]1NC[C@H](O)[C@@H]1O. The first-order chi connectivity index (χ1) is 5.61. The summed E-state index contributed by atoms with van der Waals surface area (Å²) in [5.41, 5.74) is 0. The van der Waals surface area contributed by atoms with Crippen LogP contribution < -0.4 is 10.6 Å². The van der Waals surface area contributed by atoms with Gasteiger partial charge >= 0.3 is 0 Å². The zero-order valence-corrected chi connectivity index (χ0v) is 7.07. The van der Waals surface area contributed by atoms with Crippen molar-refractivity contribution < 1.29 is 15.3 Å². The average molecular weight is 176 g/mol. The van der Waals surface area contributed by atoms with Crippen LogP contribution in [0.2, 0.25) is 0 Å². The number of hydrogen-bond acceptors (Lipinski definition) is 5. The van der Waals surface area contributed by atoms with Gasteiger partial charge in [-0.3, -0.25) is 5.32 Å². The first-order valence-electron chi connectivity index (χ1n) is 4.12. The largest absolute Gasteiger partial charge is 0.389 e. The molecule has 5 heteroatoms. The molecule has 0 radical (unpaired) electrons. The van der Waals surface area contributed by atoms with Crippen LogP contribution in [-0.2, 0) is 0 Å². The fourth-order valence-electron chi connectivity index (χ4n) is 1.27. The van der Waals surface area contributed by atoms with Crippen LogP contribution in [0.1, 0.15) is 6.92 Å². The van der Waals surface area contributed by atoms with Gasteiger partial charge in [-0.1, -0.05) is 0 Å². The van der Waals surface area contributed by atoms with Crippen molar-refractivity contribution in [2.75, 3.05) is 13.1 Å². The van der Waals surface area contributed by atoms with E-state index in [1.54, 1.807) is 6.92 Å². The van der Waals surface area contributed by atoms with E-state index < -0.39 is 18.4 Å². The van der Waals surface area contributed by atoms with Crippen molar-refractivity contribution in [3.8, 4) is 0 Å². The zero-order valence-electron chi connectivity index (χ0n) is 7.07. The van der Waals surface area contributed by atoms with Crippen LogP contribution in [0.4, 0.5) is 0 Å². The smallest absolute Gasteiger partial charge is 0.102 e. The lowest BCUT2D eigenvalue weighted by molar-refractivity contribution is 0.0375. The highest BCUT2D eigenvalue weighted by Crippen LogP contribution is 2.06. The summed E-state index contributed by atoms with van der Waals surface area (Å²) in [5.74, 6) is 0. The molecule has 0 amide bonds. The molecule has 0 bridgehead atoms. The summed E-state index contributed by atoms with van der Waals surface area (Å²) in [6, 6.07) is -0.172. The fraction of sp³-hybridized carbons (Fsp3) is 1.00. The van der Waals surface area contributed by atoms with Crippen molar-refractivity contribution in [1.82, 2.24) is 10.6 Å². The van der Waals surface area contributed by atoms with Crippen molar-refractivity contribution in [3.63, 3.8) is 0 Å². The van der Waals surface area contributed by atoms with Crippen LogP contribution in [0, 0.1) is 0 Å². The number of β-amino-alcohol motifs (C(OH)–C–C–N with tert-alkyl or cyclic N) is 1. The molecule has 1 aliphatic heterocycles. The van der Waals surface area contributed by atoms with Gasteiger partial charge in [-0.25, -0.2) is 0 Å². The average Bonchev–Trinajstić information content (AvgIpc) is 2.30. The second-order valence-corrected chi connectivity index (χ2v) is 3.16. The molecule has 1 rings (SSSR count). The fourth-order valence-corrected chi connectivity index (χ4v) is 1.27. The molecular weight excluding hydrogens is 160 g/mol. The lowest BCUT2D eigenvalue weighted by atomic mass is 10.1. The molecule has 5 nitrogen and oxygen atoms in total. The minimum absolute atomic E-state index is 0.172. The molecule has 1 fully saturated rings. The van der Waals surface area contributed by atoms with E-state index in [0.717, 1.165) is 0 Å². The Morgan fingerprint density at radius 2 is 2.25 bits per heavy atom. The van der Waals surface area contributed by atoms with Gasteiger partial charge in [0.2, 0.25) is 0 Å². The molecule has 0 saturated carbocycles. The van der Waals surface area contributed by atoms with Crippen molar-refractivity contribution in [1.29, 1.82) is 0 Å². The van der Waals surface area contributed by atoms with E-state index in [4.69, 9.17) is 10.2 Å². The summed E-state index contributed by atoms with van der Waals surface area (Å²) in [4.78, 5) is 0. The van der Waals surface area contributed by atoms with Crippen molar-refractivity contribution in [2.45, 2.75) is 31.4 Å². The molecule has 5 N–H and O–H groups in total. The maximum absolute atomic E-state index is 9.34. The van der Waals surface area contributed by atoms with Gasteiger partial charge < -0.3 is 20.6 Å². The number of aliphatic hydroxyl groups is 3. The minimum atomic E-state index is -0.740. The van der Waals surface area contributed by atoms with Crippen molar-refractivity contribution >= 4 is 0 Å². The molecule has 0 aromatic rings. The van der Waals surface area contributed by atoms with Gasteiger partial charge in [0.1, 0.15) is 6.23 Å². The third-order valence-electron chi connectivity index (χ3n) is 2.03. The highest BCUT2D eigenvalue weighted by atomic mass is 16.3. The van der Waals surface area contributed by atoms with Crippen LogP contribution in [0.3, 0.4) is 0 Å². The molecule has 0 unspecified atom stereocenters. The minimum Gasteiger partial charge on any atom is -0.389 e. The third kappa shape index (κ3) is 2.40. The van der Waals surface area contributed by atoms with Gasteiger partial charge in [0.25, 0.3) is 0 Å². The molecule has 1 aliphatic rings. The Kier molecular flexibility index (Phi) is 3.42. The summed E-state index contributed by atoms with van der Waals surface area (Å²) in [6.07, 6.45) is -2.02. The van der Waals surface area contributed by atoms with E-state index in [-0.39, 0.29) is 6.04 Å². The number of hydrogen-bond donors (Lipinski definition) is 5. The van der Waals surface area contributed by atoms with E-state index in [9.17, 15) is 5.11 Å². The van der Waals surface area contributed by atoms with E-state index in [1.165, 1.54) is 0 Å². The molecule has 1 saturated heterocycles. The molecule has 72 valence electrons. The standard InChI is InChI=1S/C7H16N2O3/c1-4(10)8-2-5-7(12)6(11)3-9-5/h4-12H,2-3H2,1H3/t4-,5-,6+,7-/m1/s1. The lowest BCUT2D eigenvalue weighted by Crippen LogP contribution is -2.44. The highest BCUT2D eigenvalue weighted by Gasteiger charge is 2.32. The normalized spacial score (nSPS) is 38.5. The molecule has 4 atom stereocenters. The molecule has 0 spiro atoms. The van der Waals surface area contributed by atoms with E-state index in [1.807, 2.05) is 0 Å². The number of rotatable bonds is 3. The Hall–Kier alpha value is -0.200. The van der Waals surface area contributed by atoms with E-state index >= 15 is 0 Å². The first kappa shape index (κ1) is 9.88. The Labute approximate surface area is 71.4 Å². The van der Waals surface area contributed by atoms with Crippen LogP contribution in [0.5, 0.6) is 0 Å². The number of nitrogens with one attached hydrogen (secondary N) is 2. The van der Waals surface area contributed by atoms with Gasteiger partial charge in [-0.15, -0.1) is 0 Å². The Balaban J connectivity index is 2.24. The van der Waals surface area contributed by atoms with Gasteiger partial charge in [-0.2, -0.15) is 0 Å². The quantitative estimate of drug-likeness (QED) is 0.310. The van der Waals surface area contributed by atoms with Gasteiger partial charge in [-0.05, 0) is 6.92 Å². The van der Waals surface area contributed by atoms with Gasteiger partial charge in [0.15, 0.2) is 0 Å². The van der Waals surface area contributed by atoms with Crippen LogP contribution in [0.25, 0.3) is 0 Å². The molecule has 0 aromatic carbocycles. The topological polar surface area (TPSA) is 84.8 Å². The summed E-state index contributed by atoms with van der Waals surface area (Å²) in [7, 11) is 0. The maximum Gasteiger partial charge on any atom is 0.102 e. The van der Waals surface area contributed by atoms with Gasteiger partial charge in [0.05, 0.1) is 12.2 Å². The Morgan fingerprint density at radius 3 is 2.67 bits per heavy atom. The van der Waals surface area contributed by atoms with Crippen LogP contribution in [0.15, 0.2) is 0 Å². The molecular formula is C7H16N2O3. The first-order valence-corrected chi connectivity index (χ1v) is 4.12. The lowest BCUT2D eigenvalue weighted by Gasteiger charge is -2.17. The van der Waals surface area contributed by atoms with Crippen molar-refractivity contribution in [3.05, 3.63) is 0 Å². The van der Waals surface area contributed by atoms with Gasteiger partial charge in [0, 0.05) is 19.1 Å². The monoisotopic (exact) mass is 176 g/mol. The van der Waals surface area contributed by atoms with Crippen LogP contribution in [-0.4, -0.2) is 52.9 Å². The van der Waals surface area contributed by atoms with E-state index in [0.29, 0.717) is 13.1 Å². The predicted octanol–water partition coefficient (Wildman–Crippen LogP) is -2.39. The summed E-state index contributed by atoms with van der Waals surface area (Å²) in [6.45, 7) is 2.47. The predicted molar refractivity (Wildman–Crippen MR) is 43.5 cm³/mol. The van der Waals surface area contributed by atoms with Crippen LogP contribution >= 0.6 is 0 Å². The zero-order chi connectivity index (χ0) is 9.14. The summed E-state index contributed by atoms with van der Waals surface area (Å²) >= 11 is 0. The summed E-state index contributed by atoms with van der Waals surface area (Å²) < 4.78 is 0. The Morgan fingerprint density at radius 1 is 1.58 bits per heavy atom. The molecule has 0 aliphatic carbocycles. The van der Waals surface area contributed by atoms with Crippen molar-refractivity contribution in [2.24, 2.45) is 0 Å². The molecule has 12 heavy (non-hydrogen) atoms. The molecule has 1 heterocycles. The second kappa shape index (κ2) is 4.15. The Bertz CT molecular complexity index is 143. The second-order valence-electron chi connectivity index (χ2n) is 3.16. The maximum atomic E-state index is 9.34. The number of aliphatic hydroxyl groups excluding tert-OH is 3. The van der Waals surface area contributed by atoms with E-state index in [2.05, 4.69) is 10.6 Å². The molecule has 0 aromatic heterocycles.